The first-order chi connectivity index (χ1) is 8.45. The molecule has 0 atom stereocenters. The van der Waals surface area contributed by atoms with E-state index in [1.54, 1.807) is 0 Å². The first kappa shape index (κ1) is 13.9. The highest BCUT2D eigenvalue weighted by atomic mass is 19.1. The average molecular weight is 256 g/mol. The maximum absolute atomic E-state index is 13.4. The molecular formula is C11H13FN2O4. The van der Waals surface area contributed by atoms with Crippen LogP contribution in [0.5, 0.6) is 0 Å². The smallest absolute Gasteiger partial charge is 0.335 e. The van der Waals surface area contributed by atoms with Gasteiger partial charge in [0.1, 0.15) is 5.82 Å². The van der Waals surface area contributed by atoms with Crippen LogP contribution < -0.4 is 5.32 Å². The molecule has 0 fully saturated rings. The Balaban J connectivity index is 2.86. The van der Waals surface area contributed by atoms with Gasteiger partial charge in [0.15, 0.2) is 0 Å². The van der Waals surface area contributed by atoms with Gasteiger partial charge in [0.25, 0.3) is 0 Å². The van der Waals surface area contributed by atoms with E-state index in [4.69, 9.17) is 10.2 Å². The lowest BCUT2D eigenvalue weighted by Crippen LogP contribution is -2.33. The van der Waals surface area contributed by atoms with Gasteiger partial charge < -0.3 is 20.4 Å². The van der Waals surface area contributed by atoms with Crippen molar-refractivity contribution in [1.82, 2.24) is 4.90 Å². The standard InChI is InChI=1S/C11H13FN2O4/c1-14(4-5-15)11(18)13-9-6-7(10(16)17)2-3-8(9)12/h2-3,6,15H,4-5H2,1H3,(H,13,18)(H,16,17). The number of likely N-dealkylation sites (N-methyl/N-ethyl adjacent to an activating group) is 1. The van der Waals surface area contributed by atoms with E-state index in [0.29, 0.717) is 0 Å². The van der Waals surface area contributed by atoms with Crippen molar-refractivity contribution >= 4 is 17.7 Å². The topological polar surface area (TPSA) is 89.9 Å². The monoisotopic (exact) mass is 256 g/mol. The summed E-state index contributed by atoms with van der Waals surface area (Å²) < 4.78 is 13.4. The molecule has 0 radical (unpaired) electrons. The van der Waals surface area contributed by atoms with E-state index in [9.17, 15) is 14.0 Å². The molecule has 0 aliphatic heterocycles. The van der Waals surface area contributed by atoms with E-state index in [-0.39, 0.29) is 24.4 Å². The molecule has 98 valence electrons. The molecule has 0 spiro atoms. The van der Waals surface area contributed by atoms with Crippen LogP contribution in [0.4, 0.5) is 14.9 Å². The number of aliphatic hydroxyl groups excluding tert-OH is 1. The van der Waals surface area contributed by atoms with E-state index in [1.165, 1.54) is 7.05 Å². The van der Waals surface area contributed by atoms with Crippen LogP contribution in [-0.2, 0) is 0 Å². The molecule has 1 aromatic carbocycles. The number of carboxylic acids is 1. The van der Waals surface area contributed by atoms with Crippen LogP contribution in [-0.4, -0.2) is 47.3 Å². The molecule has 18 heavy (non-hydrogen) atoms. The number of urea groups is 1. The Morgan fingerprint density at radius 2 is 2.11 bits per heavy atom. The quantitative estimate of drug-likeness (QED) is 0.749. The molecule has 7 heteroatoms. The molecule has 3 N–H and O–H groups in total. The third kappa shape index (κ3) is 3.42. The van der Waals surface area contributed by atoms with E-state index in [0.717, 1.165) is 23.1 Å². The predicted molar refractivity (Wildman–Crippen MR) is 62.1 cm³/mol. The van der Waals surface area contributed by atoms with Crippen LogP contribution in [0.2, 0.25) is 0 Å². The Kier molecular flexibility index (Phi) is 4.61. The molecule has 0 saturated carbocycles. The summed E-state index contributed by atoms with van der Waals surface area (Å²) in [6.07, 6.45) is 0. The molecule has 6 nitrogen and oxygen atoms in total. The second-order valence-electron chi connectivity index (χ2n) is 3.58. The zero-order valence-electron chi connectivity index (χ0n) is 9.68. The maximum Gasteiger partial charge on any atom is 0.335 e. The Hall–Kier alpha value is -2.15. The molecule has 1 aromatic rings. The van der Waals surface area contributed by atoms with Gasteiger partial charge in [0.2, 0.25) is 0 Å². The van der Waals surface area contributed by atoms with Gasteiger partial charge in [-0.15, -0.1) is 0 Å². The summed E-state index contributed by atoms with van der Waals surface area (Å²) >= 11 is 0. The van der Waals surface area contributed by atoms with E-state index < -0.39 is 17.8 Å². The highest BCUT2D eigenvalue weighted by Gasteiger charge is 2.13. The number of carbonyl (C=O) groups is 2. The molecule has 0 aliphatic carbocycles. The van der Waals surface area contributed by atoms with Crippen LogP contribution in [0, 0.1) is 5.82 Å². The summed E-state index contributed by atoms with van der Waals surface area (Å²) in [7, 11) is 1.42. The SMILES string of the molecule is CN(CCO)C(=O)Nc1cc(C(=O)O)ccc1F. The summed E-state index contributed by atoms with van der Waals surface area (Å²) in [5, 5.41) is 19.6. The van der Waals surface area contributed by atoms with Crippen molar-refractivity contribution in [3.05, 3.63) is 29.6 Å². The number of rotatable bonds is 4. The summed E-state index contributed by atoms with van der Waals surface area (Å²) in [5.74, 6) is -1.94. The average Bonchev–Trinajstić information content (AvgIpc) is 2.31. The summed E-state index contributed by atoms with van der Waals surface area (Å²) in [6.45, 7) is -0.131. The lowest BCUT2D eigenvalue weighted by Gasteiger charge is -2.17. The molecule has 0 saturated heterocycles. The van der Waals surface area contributed by atoms with Crippen molar-refractivity contribution < 1.29 is 24.2 Å². The highest BCUT2D eigenvalue weighted by molar-refractivity contribution is 5.93. The van der Waals surface area contributed by atoms with Gasteiger partial charge in [0.05, 0.1) is 17.9 Å². The van der Waals surface area contributed by atoms with Crippen LogP contribution in [0.3, 0.4) is 0 Å². The largest absolute Gasteiger partial charge is 0.478 e. The fraction of sp³-hybridized carbons (Fsp3) is 0.273. The minimum Gasteiger partial charge on any atom is -0.478 e. The molecule has 0 aliphatic rings. The number of carboxylic acid groups (broad SMARTS) is 1. The molecule has 0 aromatic heterocycles. The van der Waals surface area contributed by atoms with Crippen molar-refractivity contribution in [2.45, 2.75) is 0 Å². The molecule has 0 unspecified atom stereocenters. The third-order valence-corrected chi connectivity index (χ3v) is 2.24. The number of hydrogen-bond donors (Lipinski definition) is 3. The Labute approximate surface area is 103 Å². The number of halogens is 1. The number of nitrogens with zero attached hydrogens (tertiary/aromatic N) is 1. The number of hydrogen-bond acceptors (Lipinski definition) is 3. The molecule has 1 rings (SSSR count). The van der Waals surface area contributed by atoms with Crippen molar-refractivity contribution in [3.8, 4) is 0 Å². The summed E-state index contributed by atoms with van der Waals surface area (Å²) in [6, 6.07) is 2.46. The van der Waals surface area contributed by atoms with Gasteiger partial charge >= 0.3 is 12.0 Å². The maximum atomic E-state index is 13.4. The lowest BCUT2D eigenvalue weighted by molar-refractivity contribution is 0.0697. The van der Waals surface area contributed by atoms with Crippen LogP contribution >= 0.6 is 0 Å². The van der Waals surface area contributed by atoms with Crippen molar-refractivity contribution in [1.29, 1.82) is 0 Å². The van der Waals surface area contributed by atoms with Gasteiger partial charge in [-0.25, -0.2) is 14.0 Å². The zero-order chi connectivity index (χ0) is 13.7. The second-order valence-corrected chi connectivity index (χ2v) is 3.58. The van der Waals surface area contributed by atoms with Crippen LogP contribution in [0.25, 0.3) is 0 Å². The Bertz CT molecular complexity index is 464. The third-order valence-electron chi connectivity index (χ3n) is 2.24. The van der Waals surface area contributed by atoms with Gasteiger partial charge in [-0.05, 0) is 18.2 Å². The number of aliphatic hydroxyl groups is 1. The molecule has 0 bridgehead atoms. The highest BCUT2D eigenvalue weighted by Crippen LogP contribution is 2.16. The number of amides is 2. The van der Waals surface area contributed by atoms with Crippen LogP contribution in [0.15, 0.2) is 18.2 Å². The Morgan fingerprint density at radius 1 is 1.44 bits per heavy atom. The fourth-order valence-electron chi connectivity index (χ4n) is 1.22. The first-order valence-corrected chi connectivity index (χ1v) is 5.11. The number of anilines is 1. The molecular weight excluding hydrogens is 243 g/mol. The number of nitrogens with one attached hydrogen (secondary N) is 1. The number of aromatic carboxylic acids is 1. The minimum absolute atomic E-state index is 0.0894. The van der Waals surface area contributed by atoms with Gasteiger partial charge in [-0.3, -0.25) is 0 Å². The second kappa shape index (κ2) is 5.97. The predicted octanol–water partition coefficient (Wildman–Crippen LogP) is 0.980. The van der Waals surface area contributed by atoms with E-state index >= 15 is 0 Å². The molecule has 2 amide bonds. The lowest BCUT2D eigenvalue weighted by atomic mass is 10.2. The summed E-state index contributed by atoms with van der Waals surface area (Å²) in [4.78, 5) is 23.4. The van der Waals surface area contributed by atoms with Crippen molar-refractivity contribution in [2.75, 3.05) is 25.5 Å². The fourth-order valence-corrected chi connectivity index (χ4v) is 1.22. The normalized spacial score (nSPS) is 9.94. The molecule has 0 heterocycles. The van der Waals surface area contributed by atoms with Gasteiger partial charge in [0, 0.05) is 13.6 Å². The number of benzene rings is 1. The van der Waals surface area contributed by atoms with Crippen molar-refractivity contribution in [3.63, 3.8) is 0 Å². The minimum atomic E-state index is -1.21. The van der Waals surface area contributed by atoms with Crippen LogP contribution in [0.1, 0.15) is 10.4 Å². The van der Waals surface area contributed by atoms with Gasteiger partial charge in [-0.1, -0.05) is 0 Å². The van der Waals surface area contributed by atoms with E-state index in [1.807, 2.05) is 0 Å². The Morgan fingerprint density at radius 3 is 2.67 bits per heavy atom. The summed E-state index contributed by atoms with van der Waals surface area (Å²) in [5.41, 5.74) is -0.346. The van der Waals surface area contributed by atoms with E-state index in [2.05, 4.69) is 5.32 Å². The zero-order valence-corrected chi connectivity index (χ0v) is 9.68. The van der Waals surface area contributed by atoms with Crippen molar-refractivity contribution in [2.24, 2.45) is 0 Å². The number of carbonyl (C=O) groups excluding carboxylic acids is 1. The van der Waals surface area contributed by atoms with Gasteiger partial charge in [-0.2, -0.15) is 0 Å². The first-order valence-electron chi connectivity index (χ1n) is 5.11.